The van der Waals surface area contributed by atoms with Crippen molar-refractivity contribution in [1.29, 1.82) is 0 Å². The number of ether oxygens (including phenoxy) is 1. The second-order valence-electron chi connectivity index (χ2n) is 4.26. The molecule has 5 heteroatoms. The quantitative estimate of drug-likeness (QED) is 0.834. The number of aliphatic hydroxyl groups is 1. The normalized spacial score (nSPS) is 10.5. The number of hydrogen-bond acceptors (Lipinski definition) is 4. The number of rotatable bonds is 6. The summed E-state index contributed by atoms with van der Waals surface area (Å²) in [5.74, 6) is 0.732. The zero-order valence-corrected chi connectivity index (χ0v) is 11.3. The van der Waals surface area contributed by atoms with E-state index < -0.39 is 0 Å². The van der Waals surface area contributed by atoms with E-state index in [4.69, 9.17) is 4.74 Å². The third-order valence-corrected chi connectivity index (χ3v) is 2.92. The van der Waals surface area contributed by atoms with Gasteiger partial charge in [0.2, 0.25) is 0 Å². The molecule has 2 rings (SSSR count). The Bertz CT molecular complexity index is 537. The Labute approximate surface area is 112 Å². The van der Waals surface area contributed by atoms with Gasteiger partial charge in [0, 0.05) is 24.5 Å². The summed E-state index contributed by atoms with van der Waals surface area (Å²) in [5, 5.41) is 12.6. The van der Waals surface area contributed by atoms with Gasteiger partial charge in [-0.25, -0.2) is 4.98 Å². The number of nitrogens with one attached hydrogen (secondary N) is 1. The number of aromatic nitrogens is 2. The summed E-state index contributed by atoms with van der Waals surface area (Å²) in [7, 11) is 1.96. The molecule has 0 amide bonds. The fraction of sp³-hybridized carbons (Fsp3) is 0.357. The summed E-state index contributed by atoms with van der Waals surface area (Å²) in [5.41, 5.74) is 2.84. The van der Waals surface area contributed by atoms with E-state index in [1.807, 2.05) is 42.9 Å². The maximum Gasteiger partial charge on any atom is 0.124 e. The van der Waals surface area contributed by atoms with Gasteiger partial charge in [-0.05, 0) is 25.1 Å². The SMILES string of the molecule is CCOc1ccc(NCc2cncn2C)cc1CO. The standard InChI is InChI=1S/C14H19N3O2/c1-3-19-14-5-4-12(6-11(14)9-18)16-8-13-7-15-10-17(13)2/h4-7,10,16,18H,3,8-9H2,1-2H3. The number of aliphatic hydroxyl groups excluding tert-OH is 1. The second-order valence-corrected chi connectivity index (χ2v) is 4.26. The van der Waals surface area contributed by atoms with Crippen molar-refractivity contribution in [3.63, 3.8) is 0 Å². The van der Waals surface area contributed by atoms with Gasteiger partial charge in [0.05, 0.1) is 31.8 Å². The Hall–Kier alpha value is -2.01. The first-order valence-electron chi connectivity index (χ1n) is 6.30. The predicted molar refractivity (Wildman–Crippen MR) is 74.1 cm³/mol. The van der Waals surface area contributed by atoms with Crippen LogP contribution in [0.1, 0.15) is 18.2 Å². The highest BCUT2D eigenvalue weighted by molar-refractivity contribution is 5.51. The molecule has 0 saturated carbocycles. The van der Waals surface area contributed by atoms with Gasteiger partial charge < -0.3 is 19.7 Å². The van der Waals surface area contributed by atoms with Crippen LogP contribution in [0.5, 0.6) is 5.75 Å². The van der Waals surface area contributed by atoms with Crippen LogP contribution in [0.2, 0.25) is 0 Å². The maximum absolute atomic E-state index is 9.34. The third kappa shape index (κ3) is 3.26. The Morgan fingerprint density at radius 2 is 2.26 bits per heavy atom. The molecule has 0 saturated heterocycles. The van der Waals surface area contributed by atoms with E-state index in [1.165, 1.54) is 0 Å². The number of nitrogens with zero attached hydrogens (tertiary/aromatic N) is 2. The lowest BCUT2D eigenvalue weighted by Crippen LogP contribution is -2.05. The molecule has 1 aromatic heterocycles. The van der Waals surface area contributed by atoms with E-state index in [0.717, 1.165) is 22.7 Å². The zero-order valence-electron chi connectivity index (χ0n) is 11.3. The average Bonchev–Trinajstić information content (AvgIpc) is 2.83. The smallest absolute Gasteiger partial charge is 0.124 e. The molecule has 19 heavy (non-hydrogen) atoms. The molecule has 1 aromatic carbocycles. The number of anilines is 1. The summed E-state index contributed by atoms with van der Waals surface area (Å²) < 4.78 is 7.42. The molecule has 0 spiro atoms. The van der Waals surface area contributed by atoms with Crippen LogP contribution in [0, 0.1) is 0 Å². The molecule has 0 aliphatic carbocycles. The van der Waals surface area contributed by atoms with Crippen LogP contribution in [-0.4, -0.2) is 21.3 Å². The van der Waals surface area contributed by atoms with Gasteiger partial charge in [-0.3, -0.25) is 0 Å². The van der Waals surface area contributed by atoms with Crippen molar-refractivity contribution in [1.82, 2.24) is 9.55 Å². The van der Waals surface area contributed by atoms with E-state index in [1.54, 1.807) is 6.33 Å². The number of benzene rings is 1. The summed E-state index contributed by atoms with van der Waals surface area (Å²) in [4.78, 5) is 4.07. The van der Waals surface area contributed by atoms with Crippen molar-refractivity contribution in [3.05, 3.63) is 42.0 Å². The number of hydrogen-bond donors (Lipinski definition) is 2. The summed E-state index contributed by atoms with van der Waals surface area (Å²) in [6.07, 6.45) is 3.60. The first-order valence-corrected chi connectivity index (χ1v) is 6.30. The van der Waals surface area contributed by atoms with Crippen LogP contribution >= 0.6 is 0 Å². The molecule has 0 radical (unpaired) electrons. The fourth-order valence-electron chi connectivity index (χ4n) is 1.86. The van der Waals surface area contributed by atoms with Crippen LogP contribution in [0.25, 0.3) is 0 Å². The van der Waals surface area contributed by atoms with E-state index in [9.17, 15) is 5.11 Å². The van der Waals surface area contributed by atoms with Crippen molar-refractivity contribution in [2.75, 3.05) is 11.9 Å². The Kier molecular flexibility index (Phi) is 4.41. The van der Waals surface area contributed by atoms with Crippen molar-refractivity contribution in [2.24, 2.45) is 7.05 Å². The highest BCUT2D eigenvalue weighted by Gasteiger charge is 2.04. The monoisotopic (exact) mass is 261 g/mol. The van der Waals surface area contributed by atoms with Crippen LogP contribution in [0.15, 0.2) is 30.7 Å². The summed E-state index contributed by atoms with van der Waals surface area (Å²) in [6, 6.07) is 5.72. The molecular weight excluding hydrogens is 242 g/mol. The van der Waals surface area contributed by atoms with Gasteiger partial charge in [-0.2, -0.15) is 0 Å². The predicted octanol–water partition coefficient (Wildman–Crippen LogP) is 1.92. The molecule has 0 aliphatic rings. The summed E-state index contributed by atoms with van der Waals surface area (Å²) in [6.45, 7) is 3.18. The molecule has 0 atom stereocenters. The first-order chi connectivity index (χ1) is 9.24. The van der Waals surface area contributed by atoms with Crippen LogP contribution in [0.3, 0.4) is 0 Å². The molecule has 5 nitrogen and oxygen atoms in total. The van der Waals surface area contributed by atoms with E-state index in [2.05, 4.69) is 10.3 Å². The first kappa shape index (κ1) is 13.4. The van der Waals surface area contributed by atoms with E-state index >= 15 is 0 Å². The maximum atomic E-state index is 9.34. The topological polar surface area (TPSA) is 59.3 Å². The lowest BCUT2D eigenvalue weighted by Gasteiger charge is -2.12. The molecule has 0 aliphatic heterocycles. The van der Waals surface area contributed by atoms with Gasteiger partial charge in [-0.1, -0.05) is 0 Å². The largest absolute Gasteiger partial charge is 0.494 e. The van der Waals surface area contributed by atoms with Crippen molar-refractivity contribution < 1.29 is 9.84 Å². The summed E-state index contributed by atoms with van der Waals surface area (Å²) >= 11 is 0. The Morgan fingerprint density at radius 3 is 2.89 bits per heavy atom. The van der Waals surface area contributed by atoms with Gasteiger partial charge in [0.1, 0.15) is 5.75 Å². The molecule has 2 N–H and O–H groups in total. The van der Waals surface area contributed by atoms with Crippen molar-refractivity contribution in [3.8, 4) is 5.75 Å². The van der Waals surface area contributed by atoms with Crippen LogP contribution in [-0.2, 0) is 20.2 Å². The molecule has 102 valence electrons. The molecular formula is C14H19N3O2. The molecule has 2 aromatic rings. The fourth-order valence-corrected chi connectivity index (χ4v) is 1.86. The Balaban J connectivity index is 2.07. The average molecular weight is 261 g/mol. The van der Waals surface area contributed by atoms with Crippen LogP contribution in [0.4, 0.5) is 5.69 Å². The van der Waals surface area contributed by atoms with Gasteiger partial charge in [-0.15, -0.1) is 0 Å². The van der Waals surface area contributed by atoms with E-state index in [-0.39, 0.29) is 6.61 Å². The second kappa shape index (κ2) is 6.24. The van der Waals surface area contributed by atoms with Gasteiger partial charge in [0.15, 0.2) is 0 Å². The molecule has 0 bridgehead atoms. The minimum Gasteiger partial charge on any atom is -0.494 e. The number of aryl methyl sites for hydroxylation is 1. The number of imidazole rings is 1. The van der Waals surface area contributed by atoms with Crippen LogP contribution < -0.4 is 10.1 Å². The minimum absolute atomic E-state index is 0.0312. The third-order valence-electron chi connectivity index (χ3n) is 2.92. The van der Waals surface area contributed by atoms with Gasteiger partial charge in [0.25, 0.3) is 0 Å². The zero-order chi connectivity index (χ0) is 13.7. The molecule has 1 heterocycles. The van der Waals surface area contributed by atoms with Gasteiger partial charge >= 0.3 is 0 Å². The van der Waals surface area contributed by atoms with E-state index in [0.29, 0.717) is 13.2 Å². The lowest BCUT2D eigenvalue weighted by molar-refractivity contribution is 0.267. The lowest BCUT2D eigenvalue weighted by atomic mass is 10.2. The van der Waals surface area contributed by atoms with Crippen molar-refractivity contribution in [2.45, 2.75) is 20.1 Å². The Morgan fingerprint density at radius 1 is 1.42 bits per heavy atom. The highest BCUT2D eigenvalue weighted by atomic mass is 16.5. The molecule has 0 fully saturated rings. The van der Waals surface area contributed by atoms with Crippen molar-refractivity contribution >= 4 is 5.69 Å². The minimum atomic E-state index is -0.0312. The molecule has 0 unspecified atom stereocenters. The highest BCUT2D eigenvalue weighted by Crippen LogP contribution is 2.23.